The number of amides is 2. The highest BCUT2D eigenvalue weighted by Crippen LogP contribution is 2.22. The van der Waals surface area contributed by atoms with Crippen molar-refractivity contribution in [3.63, 3.8) is 0 Å². The summed E-state index contributed by atoms with van der Waals surface area (Å²) >= 11 is 0.725. The van der Waals surface area contributed by atoms with Gasteiger partial charge in [0.15, 0.2) is 0 Å². The zero-order valence-corrected chi connectivity index (χ0v) is 16.1. The van der Waals surface area contributed by atoms with Crippen LogP contribution >= 0.6 is 11.3 Å². The Balaban J connectivity index is 2.20. The highest BCUT2D eigenvalue weighted by Gasteiger charge is 2.26. The van der Waals surface area contributed by atoms with Crippen LogP contribution in [0.25, 0.3) is 0 Å². The summed E-state index contributed by atoms with van der Waals surface area (Å²) in [4.78, 5) is 30.2. The number of nitrogens with zero attached hydrogens (tertiary/aromatic N) is 2. The molecule has 0 atom stereocenters. The van der Waals surface area contributed by atoms with Crippen LogP contribution in [0, 0.1) is 6.92 Å². The first kappa shape index (κ1) is 20.7. The predicted octanol–water partition coefficient (Wildman–Crippen LogP) is 1.35. The maximum Gasteiger partial charge on any atom is 0.347 e. The lowest BCUT2D eigenvalue weighted by Crippen LogP contribution is -2.35. The van der Waals surface area contributed by atoms with Gasteiger partial charge in [0.1, 0.15) is 15.5 Å². The van der Waals surface area contributed by atoms with Gasteiger partial charge in [-0.15, -0.1) is 11.3 Å². The molecule has 146 valence electrons. The number of carbonyl (C=O) groups excluding carboxylic acids is 1. The smallest absolute Gasteiger partial charge is 0.347 e. The van der Waals surface area contributed by atoms with Crippen LogP contribution in [0.15, 0.2) is 22.4 Å². The topological polar surface area (TPSA) is 157 Å². The number of rotatable bonds is 7. The number of hydrogen-bond acceptors (Lipinski definition) is 9. The Labute approximate surface area is 158 Å². The number of thiophene rings is 1. The van der Waals surface area contributed by atoms with Gasteiger partial charge in [0.05, 0.1) is 0 Å². The molecule has 0 aliphatic carbocycles. The van der Waals surface area contributed by atoms with Gasteiger partial charge in [-0.05, 0) is 24.4 Å². The molecule has 0 saturated heterocycles. The first-order valence-corrected chi connectivity index (χ1v) is 9.60. The summed E-state index contributed by atoms with van der Waals surface area (Å²) in [5, 5.41) is 12.5. The molecule has 0 bridgehead atoms. The minimum atomic E-state index is -4.40. The summed E-state index contributed by atoms with van der Waals surface area (Å²) < 4.78 is 36.4. The third-order valence-corrected chi connectivity index (χ3v) is 5.51. The maximum absolute atomic E-state index is 12.2. The van der Waals surface area contributed by atoms with E-state index in [-0.39, 0.29) is 5.95 Å². The number of carboxylic acids is 1. The van der Waals surface area contributed by atoms with Crippen molar-refractivity contribution in [3.8, 4) is 0 Å². The van der Waals surface area contributed by atoms with Crippen LogP contribution in [-0.4, -0.2) is 49.7 Å². The number of urea groups is 1. The number of methoxy groups -OCH3 is 2. The Morgan fingerprint density at radius 3 is 2.52 bits per heavy atom. The Morgan fingerprint density at radius 2 is 1.93 bits per heavy atom. The molecule has 2 heterocycles. The van der Waals surface area contributed by atoms with Gasteiger partial charge in [0.25, 0.3) is 10.0 Å². The lowest BCUT2D eigenvalue weighted by Gasteiger charge is -2.14. The first-order valence-electron chi connectivity index (χ1n) is 7.23. The molecule has 0 unspecified atom stereocenters. The molecule has 2 amide bonds. The highest BCUT2D eigenvalue weighted by molar-refractivity contribution is 7.90. The van der Waals surface area contributed by atoms with Crippen LogP contribution < -0.4 is 10.0 Å². The fraction of sp³-hybridized carbons (Fsp3) is 0.286. The summed E-state index contributed by atoms with van der Waals surface area (Å²) in [6.07, 6.45) is -0.803. The van der Waals surface area contributed by atoms with Crippen LogP contribution in [-0.2, 0) is 19.5 Å². The molecule has 0 aliphatic heterocycles. The van der Waals surface area contributed by atoms with Gasteiger partial charge >= 0.3 is 12.0 Å². The minimum Gasteiger partial charge on any atom is -0.477 e. The average Bonchev–Trinajstić information content (AvgIpc) is 3.05. The number of nitrogens with one attached hydrogen (secondary N) is 2. The molecule has 3 N–H and O–H groups in total. The van der Waals surface area contributed by atoms with E-state index < -0.39 is 38.1 Å². The van der Waals surface area contributed by atoms with Crippen molar-refractivity contribution in [3.05, 3.63) is 33.8 Å². The average molecular weight is 416 g/mol. The Bertz CT molecular complexity index is 954. The molecule has 27 heavy (non-hydrogen) atoms. The predicted molar refractivity (Wildman–Crippen MR) is 94.1 cm³/mol. The van der Waals surface area contributed by atoms with Crippen molar-refractivity contribution < 1.29 is 32.6 Å². The quantitative estimate of drug-likeness (QED) is 0.567. The molecule has 0 saturated carbocycles. The Hall–Kier alpha value is -2.61. The summed E-state index contributed by atoms with van der Waals surface area (Å²) in [6, 6.07) is 1.51. The number of hydrogen-bond donors (Lipinski definition) is 3. The Morgan fingerprint density at radius 1 is 1.26 bits per heavy atom. The fourth-order valence-corrected chi connectivity index (χ4v) is 4.24. The summed E-state index contributed by atoms with van der Waals surface area (Å²) in [7, 11) is -1.59. The lowest BCUT2D eigenvalue weighted by molar-refractivity contribution is -0.108. The standard InChI is InChI=1S/C14H16N4O7S2/c1-7-6-8(12(24-2)25-3)16-13(15-7)17-14(21)18-27(22,23)9-4-5-26-10(9)11(19)20/h4-6,12H,1-3H3,(H,19,20)(H2,15,16,17,18,21). The summed E-state index contributed by atoms with van der Waals surface area (Å²) in [6.45, 7) is 1.64. The molecule has 13 heteroatoms. The SMILES string of the molecule is COC(OC)c1cc(C)nc(NC(=O)NS(=O)(=O)c2ccsc2C(=O)O)n1. The third-order valence-electron chi connectivity index (χ3n) is 3.11. The second-order valence-corrected chi connectivity index (χ2v) is 7.61. The van der Waals surface area contributed by atoms with E-state index >= 15 is 0 Å². The van der Waals surface area contributed by atoms with Crippen molar-refractivity contribution in [2.75, 3.05) is 19.5 Å². The van der Waals surface area contributed by atoms with Gasteiger partial charge in [0, 0.05) is 19.9 Å². The molecular formula is C14H16N4O7S2. The highest BCUT2D eigenvalue weighted by atomic mass is 32.2. The lowest BCUT2D eigenvalue weighted by atomic mass is 10.3. The second-order valence-electron chi connectivity index (χ2n) is 5.04. The van der Waals surface area contributed by atoms with E-state index in [1.807, 2.05) is 0 Å². The van der Waals surface area contributed by atoms with Crippen molar-refractivity contribution >= 4 is 39.3 Å². The second kappa shape index (κ2) is 8.39. The Kier molecular flexibility index (Phi) is 6.43. The van der Waals surface area contributed by atoms with Crippen molar-refractivity contribution in [1.82, 2.24) is 14.7 Å². The zero-order valence-electron chi connectivity index (χ0n) is 14.4. The van der Waals surface area contributed by atoms with E-state index in [0.717, 1.165) is 17.4 Å². The maximum atomic E-state index is 12.2. The van der Waals surface area contributed by atoms with Gasteiger partial charge in [0.2, 0.25) is 12.2 Å². The van der Waals surface area contributed by atoms with Gasteiger partial charge in [-0.1, -0.05) is 0 Å². The number of aromatic carboxylic acids is 1. The number of anilines is 1. The number of ether oxygens (including phenoxy) is 2. The third kappa shape index (κ3) is 4.97. The molecule has 2 rings (SSSR count). The molecule has 2 aromatic heterocycles. The van der Waals surface area contributed by atoms with Crippen LogP contribution in [0.5, 0.6) is 0 Å². The monoisotopic (exact) mass is 416 g/mol. The van der Waals surface area contributed by atoms with E-state index in [2.05, 4.69) is 15.3 Å². The van der Waals surface area contributed by atoms with Gasteiger partial charge in [-0.25, -0.2) is 32.7 Å². The largest absolute Gasteiger partial charge is 0.477 e. The van der Waals surface area contributed by atoms with E-state index in [1.54, 1.807) is 17.7 Å². The molecule has 0 spiro atoms. The molecular weight excluding hydrogens is 400 g/mol. The zero-order chi connectivity index (χ0) is 20.2. The van der Waals surface area contributed by atoms with Crippen molar-refractivity contribution in [2.24, 2.45) is 0 Å². The van der Waals surface area contributed by atoms with E-state index in [4.69, 9.17) is 14.6 Å². The van der Waals surface area contributed by atoms with E-state index in [1.165, 1.54) is 19.6 Å². The van der Waals surface area contributed by atoms with Gasteiger partial charge in [-0.3, -0.25) is 5.32 Å². The van der Waals surface area contributed by atoms with Crippen molar-refractivity contribution in [2.45, 2.75) is 18.1 Å². The minimum absolute atomic E-state index is 0.180. The van der Waals surface area contributed by atoms with Crippen LogP contribution in [0.1, 0.15) is 27.3 Å². The molecule has 2 aromatic rings. The summed E-state index contributed by atoms with van der Waals surface area (Å²) in [5.74, 6) is -1.59. The molecule has 0 radical (unpaired) electrons. The molecule has 0 aromatic carbocycles. The molecule has 0 aliphatic rings. The number of carbonyl (C=O) groups is 2. The van der Waals surface area contributed by atoms with Gasteiger partial charge < -0.3 is 14.6 Å². The van der Waals surface area contributed by atoms with Crippen LogP contribution in [0.2, 0.25) is 0 Å². The molecule has 11 nitrogen and oxygen atoms in total. The number of carboxylic acid groups (broad SMARTS) is 1. The first-order chi connectivity index (χ1) is 12.7. The van der Waals surface area contributed by atoms with E-state index in [0.29, 0.717) is 11.4 Å². The van der Waals surface area contributed by atoms with Crippen LogP contribution in [0.3, 0.4) is 0 Å². The molecule has 0 fully saturated rings. The van der Waals surface area contributed by atoms with Crippen molar-refractivity contribution in [1.29, 1.82) is 0 Å². The van der Waals surface area contributed by atoms with Crippen LogP contribution in [0.4, 0.5) is 10.7 Å². The number of sulfonamides is 1. The number of aromatic nitrogens is 2. The van der Waals surface area contributed by atoms with Gasteiger partial charge in [-0.2, -0.15) is 0 Å². The van der Waals surface area contributed by atoms with E-state index in [9.17, 15) is 18.0 Å². The summed E-state index contributed by atoms with van der Waals surface area (Å²) in [5.41, 5.74) is 0.792. The number of aryl methyl sites for hydroxylation is 1. The fourth-order valence-electron chi connectivity index (χ4n) is 2.08. The normalized spacial score (nSPS) is 11.4.